The summed E-state index contributed by atoms with van der Waals surface area (Å²) in [6, 6.07) is 2.14. The lowest BCUT2D eigenvalue weighted by Crippen LogP contribution is -2.01. The van der Waals surface area contributed by atoms with Crippen LogP contribution in [0.3, 0.4) is 0 Å². The summed E-state index contributed by atoms with van der Waals surface area (Å²) in [4.78, 5) is 7.46. The van der Waals surface area contributed by atoms with Crippen LogP contribution in [-0.4, -0.2) is 9.38 Å². The molecule has 86 valence electrons. The second-order valence-electron chi connectivity index (χ2n) is 4.47. The number of hydrogen-bond donors (Lipinski definition) is 0. The van der Waals surface area contributed by atoms with Gasteiger partial charge < -0.3 is 0 Å². The van der Waals surface area contributed by atoms with Crippen molar-refractivity contribution < 1.29 is 0 Å². The summed E-state index contributed by atoms with van der Waals surface area (Å²) in [5.41, 5.74) is 3.87. The molecular weight excluding hydrogens is 248 g/mol. The summed E-state index contributed by atoms with van der Waals surface area (Å²) < 4.78 is 2.31. The molecule has 0 bridgehead atoms. The first-order chi connectivity index (χ1) is 8.42. The van der Waals surface area contributed by atoms with Crippen LogP contribution < -0.4 is 0 Å². The molecule has 4 heteroatoms. The second-order valence-corrected chi connectivity index (χ2v) is 6.31. The molecule has 2 nitrogen and oxygen atoms in total. The lowest BCUT2D eigenvalue weighted by atomic mass is 10.0. The molecular formula is C13H12N2S2. The number of rotatable bonds is 1. The van der Waals surface area contributed by atoms with Crippen LogP contribution in [-0.2, 0) is 12.8 Å². The third kappa shape index (κ3) is 1.47. The SMILES string of the molecule is c1cc(-c2cn3c4c(sc3n2)CCCC4)cs1. The number of imidazole rings is 1. The first-order valence-electron chi connectivity index (χ1n) is 5.94. The first kappa shape index (κ1) is 9.85. The van der Waals surface area contributed by atoms with Gasteiger partial charge in [-0.25, -0.2) is 4.98 Å². The number of aryl methyl sites for hydroxylation is 2. The van der Waals surface area contributed by atoms with Gasteiger partial charge in [-0.3, -0.25) is 4.40 Å². The van der Waals surface area contributed by atoms with E-state index in [1.54, 1.807) is 16.2 Å². The van der Waals surface area contributed by atoms with Gasteiger partial charge in [0.2, 0.25) is 0 Å². The Kier molecular flexibility index (Phi) is 2.13. The molecule has 0 spiro atoms. The highest BCUT2D eigenvalue weighted by Gasteiger charge is 2.18. The lowest BCUT2D eigenvalue weighted by Gasteiger charge is -2.09. The molecule has 3 heterocycles. The van der Waals surface area contributed by atoms with Gasteiger partial charge in [0, 0.05) is 27.7 Å². The monoisotopic (exact) mass is 260 g/mol. The quantitative estimate of drug-likeness (QED) is 0.646. The van der Waals surface area contributed by atoms with Crippen molar-refractivity contribution in [3.8, 4) is 11.3 Å². The average molecular weight is 260 g/mol. The van der Waals surface area contributed by atoms with E-state index in [0.29, 0.717) is 0 Å². The molecule has 0 atom stereocenters. The maximum absolute atomic E-state index is 4.75. The van der Waals surface area contributed by atoms with E-state index < -0.39 is 0 Å². The number of aromatic nitrogens is 2. The Hall–Kier alpha value is -1.13. The van der Waals surface area contributed by atoms with Gasteiger partial charge in [-0.2, -0.15) is 11.3 Å². The van der Waals surface area contributed by atoms with E-state index >= 15 is 0 Å². The molecule has 1 aliphatic carbocycles. The van der Waals surface area contributed by atoms with Crippen LogP contribution in [0.5, 0.6) is 0 Å². The predicted molar refractivity (Wildman–Crippen MR) is 73.0 cm³/mol. The van der Waals surface area contributed by atoms with Gasteiger partial charge in [0.15, 0.2) is 4.96 Å². The highest BCUT2D eigenvalue weighted by molar-refractivity contribution is 7.17. The van der Waals surface area contributed by atoms with Gasteiger partial charge in [0.25, 0.3) is 0 Å². The normalized spacial score (nSPS) is 15.3. The van der Waals surface area contributed by atoms with Crippen molar-refractivity contribution in [1.29, 1.82) is 0 Å². The third-order valence-electron chi connectivity index (χ3n) is 3.39. The number of nitrogens with zero attached hydrogens (tertiary/aromatic N) is 2. The fourth-order valence-corrected chi connectivity index (χ4v) is 4.35. The van der Waals surface area contributed by atoms with E-state index in [2.05, 4.69) is 27.4 Å². The number of fused-ring (bicyclic) bond motifs is 3. The summed E-state index contributed by atoms with van der Waals surface area (Å²) in [6.45, 7) is 0. The third-order valence-corrected chi connectivity index (χ3v) is 5.23. The van der Waals surface area contributed by atoms with Crippen molar-refractivity contribution in [3.63, 3.8) is 0 Å². The van der Waals surface area contributed by atoms with Gasteiger partial charge in [-0.05, 0) is 37.1 Å². The topological polar surface area (TPSA) is 17.3 Å². The molecule has 0 saturated heterocycles. The van der Waals surface area contributed by atoms with Gasteiger partial charge in [0.1, 0.15) is 0 Å². The number of hydrogen-bond acceptors (Lipinski definition) is 3. The van der Waals surface area contributed by atoms with E-state index in [1.165, 1.54) is 36.9 Å². The predicted octanol–water partition coefficient (Wildman–Crippen LogP) is 4.00. The summed E-state index contributed by atoms with van der Waals surface area (Å²) in [5, 5.41) is 4.27. The van der Waals surface area contributed by atoms with E-state index in [0.717, 1.165) is 10.7 Å². The van der Waals surface area contributed by atoms with Gasteiger partial charge in [0.05, 0.1) is 5.69 Å². The van der Waals surface area contributed by atoms with Crippen molar-refractivity contribution in [2.24, 2.45) is 0 Å². The Labute approximate surface area is 108 Å². The Bertz CT molecular complexity index is 661. The maximum Gasteiger partial charge on any atom is 0.194 e. The Balaban J connectivity index is 1.91. The summed E-state index contributed by atoms with van der Waals surface area (Å²) >= 11 is 3.60. The molecule has 0 unspecified atom stereocenters. The van der Waals surface area contributed by atoms with E-state index in [-0.39, 0.29) is 0 Å². The highest BCUT2D eigenvalue weighted by atomic mass is 32.1. The van der Waals surface area contributed by atoms with E-state index in [4.69, 9.17) is 4.98 Å². The number of thiophene rings is 1. The molecule has 4 rings (SSSR count). The molecule has 3 aromatic heterocycles. The minimum absolute atomic E-state index is 1.12. The zero-order valence-electron chi connectivity index (χ0n) is 9.35. The van der Waals surface area contributed by atoms with Crippen molar-refractivity contribution in [3.05, 3.63) is 33.6 Å². The van der Waals surface area contributed by atoms with Crippen LogP contribution in [0.1, 0.15) is 23.4 Å². The van der Waals surface area contributed by atoms with Gasteiger partial charge >= 0.3 is 0 Å². The second kappa shape index (κ2) is 3.68. The van der Waals surface area contributed by atoms with Crippen molar-refractivity contribution in [2.75, 3.05) is 0 Å². The van der Waals surface area contributed by atoms with E-state index in [1.807, 2.05) is 11.3 Å². The molecule has 1 aliphatic rings. The zero-order chi connectivity index (χ0) is 11.2. The van der Waals surface area contributed by atoms with E-state index in [9.17, 15) is 0 Å². The molecule has 0 radical (unpaired) electrons. The van der Waals surface area contributed by atoms with Crippen LogP contribution in [0.25, 0.3) is 16.2 Å². The highest BCUT2D eigenvalue weighted by Crippen LogP contribution is 2.32. The Morgan fingerprint density at radius 2 is 2.18 bits per heavy atom. The van der Waals surface area contributed by atoms with Crippen LogP contribution in [0.4, 0.5) is 0 Å². The van der Waals surface area contributed by atoms with Crippen molar-refractivity contribution >= 4 is 27.6 Å². The molecule has 0 aromatic carbocycles. The number of thiazole rings is 1. The average Bonchev–Trinajstić information content (AvgIpc) is 3.03. The molecule has 0 aliphatic heterocycles. The Morgan fingerprint density at radius 3 is 3.06 bits per heavy atom. The summed E-state index contributed by atoms with van der Waals surface area (Å²) in [7, 11) is 0. The fourth-order valence-electron chi connectivity index (χ4n) is 2.51. The van der Waals surface area contributed by atoms with Crippen LogP contribution in [0.2, 0.25) is 0 Å². The fraction of sp³-hybridized carbons (Fsp3) is 0.308. The van der Waals surface area contributed by atoms with Crippen LogP contribution in [0, 0.1) is 0 Å². The van der Waals surface area contributed by atoms with Crippen molar-refractivity contribution in [1.82, 2.24) is 9.38 Å². The smallest absolute Gasteiger partial charge is 0.194 e. The summed E-state index contributed by atoms with van der Waals surface area (Å²) in [5.74, 6) is 0. The molecule has 0 amide bonds. The maximum atomic E-state index is 4.75. The molecule has 17 heavy (non-hydrogen) atoms. The Morgan fingerprint density at radius 1 is 1.24 bits per heavy atom. The molecule has 3 aromatic rings. The van der Waals surface area contributed by atoms with Crippen LogP contribution in [0.15, 0.2) is 23.0 Å². The largest absolute Gasteiger partial charge is 0.294 e. The zero-order valence-corrected chi connectivity index (χ0v) is 11.0. The standard InChI is InChI=1S/C13H12N2S2/c1-2-4-12-11(3-1)15-7-10(14-13(15)17-12)9-5-6-16-8-9/h5-8H,1-4H2. The lowest BCUT2D eigenvalue weighted by molar-refractivity contribution is 0.674. The molecule has 0 fully saturated rings. The molecule has 0 N–H and O–H groups in total. The minimum atomic E-state index is 1.12. The first-order valence-corrected chi connectivity index (χ1v) is 7.70. The van der Waals surface area contributed by atoms with Gasteiger partial charge in [-0.15, -0.1) is 11.3 Å². The molecule has 0 saturated carbocycles. The van der Waals surface area contributed by atoms with Crippen LogP contribution >= 0.6 is 22.7 Å². The van der Waals surface area contributed by atoms with Gasteiger partial charge in [-0.1, -0.05) is 0 Å². The minimum Gasteiger partial charge on any atom is -0.294 e. The van der Waals surface area contributed by atoms with Crippen molar-refractivity contribution in [2.45, 2.75) is 25.7 Å². The summed E-state index contributed by atoms with van der Waals surface area (Å²) in [6.07, 6.45) is 7.34.